The second-order valence-electron chi connectivity index (χ2n) is 6.09. The lowest BCUT2D eigenvalue weighted by molar-refractivity contribution is -0.384. The van der Waals surface area contributed by atoms with Crippen LogP contribution in [0.4, 0.5) is 11.4 Å². The van der Waals surface area contributed by atoms with Crippen molar-refractivity contribution in [3.63, 3.8) is 0 Å². The first-order chi connectivity index (χ1) is 11.6. The van der Waals surface area contributed by atoms with Crippen LogP contribution in [-0.4, -0.2) is 43.5 Å². The first kappa shape index (κ1) is 18.9. The van der Waals surface area contributed by atoms with E-state index in [4.69, 9.17) is 0 Å². The average molecular weight is 368 g/mol. The van der Waals surface area contributed by atoms with Crippen LogP contribution >= 0.6 is 0 Å². The Morgan fingerprint density at radius 3 is 2.56 bits per heavy atom. The third-order valence-corrected chi connectivity index (χ3v) is 6.71. The van der Waals surface area contributed by atoms with Gasteiger partial charge < -0.3 is 10.1 Å². The molecule has 25 heavy (non-hydrogen) atoms. The summed E-state index contributed by atoms with van der Waals surface area (Å²) in [7, 11) is -2.03. The van der Waals surface area contributed by atoms with E-state index in [1.807, 2.05) is 0 Å². The van der Waals surface area contributed by atoms with Crippen molar-refractivity contribution in [3.05, 3.63) is 40.0 Å². The Hall–Kier alpha value is -2.42. The summed E-state index contributed by atoms with van der Waals surface area (Å²) in [5, 5.41) is 14.3. The van der Waals surface area contributed by atoms with Crippen LogP contribution in [0.2, 0.25) is 0 Å². The Morgan fingerprint density at radius 2 is 2.08 bits per heavy atom. The zero-order chi connectivity index (χ0) is 18.8. The lowest BCUT2D eigenvalue weighted by Crippen LogP contribution is -2.39. The Morgan fingerprint density at radius 1 is 1.44 bits per heavy atom. The lowest BCUT2D eigenvalue weighted by Gasteiger charge is -2.23. The molecule has 0 saturated heterocycles. The van der Waals surface area contributed by atoms with E-state index >= 15 is 0 Å². The molecule has 0 amide bonds. The molecule has 0 bridgehead atoms. The first-order valence-corrected chi connectivity index (χ1v) is 9.50. The van der Waals surface area contributed by atoms with Gasteiger partial charge in [0.2, 0.25) is 0 Å². The van der Waals surface area contributed by atoms with E-state index < -0.39 is 31.5 Å². The van der Waals surface area contributed by atoms with Gasteiger partial charge in [-0.15, -0.1) is 0 Å². The maximum absolute atomic E-state index is 12.0. The largest absolute Gasteiger partial charge is 0.466 e. The number of sulfone groups is 1. The smallest absolute Gasteiger partial charge is 0.330 e. The van der Waals surface area contributed by atoms with Crippen molar-refractivity contribution < 1.29 is 22.9 Å². The maximum Gasteiger partial charge on any atom is 0.330 e. The number of nitrogens with zero attached hydrogens (tertiary/aromatic N) is 1. The van der Waals surface area contributed by atoms with Crippen LogP contribution in [0.1, 0.15) is 25.3 Å². The van der Waals surface area contributed by atoms with Gasteiger partial charge in [-0.2, -0.15) is 0 Å². The minimum atomic E-state index is -3.27. The van der Waals surface area contributed by atoms with Crippen LogP contribution in [-0.2, 0) is 19.4 Å². The number of nitro groups is 1. The summed E-state index contributed by atoms with van der Waals surface area (Å²) in [6.07, 6.45) is 4.83. The van der Waals surface area contributed by atoms with Gasteiger partial charge in [-0.1, -0.05) is 6.07 Å². The Bertz CT molecular complexity index is 827. The molecule has 1 unspecified atom stereocenters. The van der Waals surface area contributed by atoms with E-state index in [1.165, 1.54) is 31.6 Å². The standard InChI is InChI=1S/C16H20N2O6S/c1-11(16(8-9-16)25(3,22)23)17-13-6-4-12(5-7-15(19)24-2)10-14(13)18(20)21/h4-7,10-11,17H,8-9H2,1-3H3/b7-5+. The van der Waals surface area contributed by atoms with E-state index in [0.29, 0.717) is 18.4 Å². The van der Waals surface area contributed by atoms with Crippen LogP contribution in [0.25, 0.3) is 6.08 Å². The normalized spacial score (nSPS) is 17.1. The maximum atomic E-state index is 12.0. The van der Waals surface area contributed by atoms with Gasteiger partial charge in [-0.05, 0) is 37.5 Å². The topological polar surface area (TPSA) is 116 Å². The van der Waals surface area contributed by atoms with Gasteiger partial charge in [-0.25, -0.2) is 13.2 Å². The van der Waals surface area contributed by atoms with Crippen molar-refractivity contribution in [1.29, 1.82) is 0 Å². The van der Waals surface area contributed by atoms with Gasteiger partial charge in [-0.3, -0.25) is 10.1 Å². The van der Waals surface area contributed by atoms with Crippen LogP contribution in [0, 0.1) is 10.1 Å². The van der Waals surface area contributed by atoms with Crippen molar-refractivity contribution in [1.82, 2.24) is 0 Å². The fourth-order valence-electron chi connectivity index (χ4n) is 2.77. The summed E-state index contributed by atoms with van der Waals surface area (Å²) in [6.45, 7) is 1.71. The number of hydrogen-bond acceptors (Lipinski definition) is 7. The Balaban J connectivity index is 2.28. The molecule has 9 heteroatoms. The van der Waals surface area contributed by atoms with Gasteiger partial charge in [0, 0.05) is 24.4 Å². The van der Waals surface area contributed by atoms with Crippen LogP contribution in [0.3, 0.4) is 0 Å². The van der Waals surface area contributed by atoms with Crippen molar-refractivity contribution >= 4 is 33.3 Å². The van der Waals surface area contributed by atoms with Gasteiger partial charge >= 0.3 is 5.97 Å². The quantitative estimate of drug-likeness (QED) is 0.339. The zero-order valence-electron chi connectivity index (χ0n) is 14.2. The molecule has 0 aliphatic heterocycles. The number of carbonyl (C=O) groups excluding carboxylic acids is 1. The molecule has 0 aromatic heterocycles. The fourth-order valence-corrected chi connectivity index (χ4v) is 4.32. The molecule has 1 N–H and O–H groups in total. The van der Waals surface area contributed by atoms with Crippen molar-refractivity contribution in [3.8, 4) is 0 Å². The minimum Gasteiger partial charge on any atom is -0.466 e. The molecular formula is C16H20N2O6S. The number of nitro benzene ring substituents is 1. The van der Waals surface area contributed by atoms with E-state index in [9.17, 15) is 23.3 Å². The number of hydrogen-bond donors (Lipinski definition) is 1. The van der Waals surface area contributed by atoms with Gasteiger partial charge in [0.05, 0.1) is 16.8 Å². The third kappa shape index (κ3) is 3.98. The molecule has 1 aromatic rings. The van der Waals surface area contributed by atoms with Gasteiger partial charge in [0.25, 0.3) is 5.69 Å². The molecule has 1 aliphatic rings. The molecule has 0 radical (unpaired) electrons. The molecule has 136 valence electrons. The van der Waals surface area contributed by atoms with E-state index in [2.05, 4.69) is 10.1 Å². The Kier molecular flexibility index (Phi) is 5.17. The molecule has 0 spiro atoms. The van der Waals surface area contributed by atoms with Crippen molar-refractivity contribution in [2.75, 3.05) is 18.7 Å². The second kappa shape index (κ2) is 6.83. The minimum absolute atomic E-state index is 0.192. The van der Waals surface area contributed by atoms with Crippen LogP contribution in [0.15, 0.2) is 24.3 Å². The molecule has 1 fully saturated rings. The molecule has 8 nitrogen and oxygen atoms in total. The number of carbonyl (C=O) groups is 1. The summed E-state index contributed by atoms with van der Waals surface area (Å²) in [5.41, 5.74) is 0.505. The highest BCUT2D eigenvalue weighted by Gasteiger charge is 2.56. The molecule has 1 aromatic carbocycles. The van der Waals surface area contributed by atoms with Crippen LogP contribution in [0.5, 0.6) is 0 Å². The molecule has 2 rings (SSSR count). The van der Waals surface area contributed by atoms with Gasteiger partial charge in [0.15, 0.2) is 9.84 Å². The van der Waals surface area contributed by atoms with Crippen molar-refractivity contribution in [2.24, 2.45) is 0 Å². The monoisotopic (exact) mass is 368 g/mol. The molecule has 1 atom stereocenters. The number of rotatable bonds is 7. The second-order valence-corrected chi connectivity index (χ2v) is 8.45. The SMILES string of the molecule is COC(=O)/C=C/c1ccc(NC(C)C2(S(C)(=O)=O)CC2)c([N+](=O)[O-])c1. The predicted molar refractivity (Wildman–Crippen MR) is 94.0 cm³/mol. The number of esters is 1. The Labute approximate surface area is 145 Å². The molecule has 1 aliphatic carbocycles. The number of methoxy groups -OCH3 is 1. The molecular weight excluding hydrogens is 348 g/mol. The van der Waals surface area contributed by atoms with E-state index in [0.717, 1.165) is 6.08 Å². The van der Waals surface area contributed by atoms with E-state index in [1.54, 1.807) is 13.0 Å². The summed E-state index contributed by atoms with van der Waals surface area (Å²) >= 11 is 0. The molecule has 0 heterocycles. The lowest BCUT2D eigenvalue weighted by atomic mass is 10.1. The number of nitrogens with one attached hydrogen (secondary N) is 1. The summed E-state index contributed by atoms with van der Waals surface area (Å²) in [6, 6.07) is 3.96. The summed E-state index contributed by atoms with van der Waals surface area (Å²) in [4.78, 5) is 21.9. The fraction of sp³-hybridized carbons (Fsp3) is 0.438. The first-order valence-electron chi connectivity index (χ1n) is 7.61. The van der Waals surface area contributed by atoms with E-state index in [-0.39, 0.29) is 11.4 Å². The third-order valence-electron chi connectivity index (χ3n) is 4.47. The molecule has 1 saturated carbocycles. The van der Waals surface area contributed by atoms with Gasteiger partial charge in [0.1, 0.15) is 5.69 Å². The summed E-state index contributed by atoms with van der Waals surface area (Å²) in [5.74, 6) is -0.567. The highest BCUT2D eigenvalue weighted by Crippen LogP contribution is 2.47. The number of ether oxygens (including phenoxy) is 1. The summed E-state index contributed by atoms with van der Waals surface area (Å²) < 4.78 is 27.5. The highest BCUT2D eigenvalue weighted by atomic mass is 32.2. The predicted octanol–water partition coefficient (Wildman–Crippen LogP) is 2.16. The number of benzene rings is 1. The van der Waals surface area contributed by atoms with Crippen LogP contribution < -0.4 is 5.32 Å². The average Bonchev–Trinajstić information content (AvgIpc) is 3.34. The number of anilines is 1. The zero-order valence-corrected chi connectivity index (χ0v) is 15.0. The van der Waals surface area contributed by atoms with Crippen molar-refractivity contribution in [2.45, 2.75) is 30.6 Å². The highest BCUT2D eigenvalue weighted by molar-refractivity contribution is 7.92.